The molecule has 1 amide bonds. The maximum Gasteiger partial charge on any atom is 0.249 e. The number of carbonyl (C=O) groups excluding carboxylic acids is 1. The second kappa shape index (κ2) is 6.97. The number of hydrogen-bond donors (Lipinski definition) is 1. The normalized spacial score (nSPS) is 20.5. The van der Waals surface area contributed by atoms with Crippen LogP contribution in [0.4, 0.5) is 0 Å². The molecular weight excluding hydrogens is 216 g/mol. The zero-order chi connectivity index (χ0) is 12.8. The summed E-state index contributed by atoms with van der Waals surface area (Å²) < 4.78 is 5.34. The number of nitrogens with one attached hydrogen (secondary N) is 1. The minimum Gasteiger partial charge on any atom is -0.368 e. The van der Waals surface area contributed by atoms with E-state index >= 15 is 0 Å². The molecule has 1 aliphatic rings. The van der Waals surface area contributed by atoms with Crippen molar-refractivity contribution in [2.75, 3.05) is 19.7 Å². The first-order valence-electron chi connectivity index (χ1n) is 6.67. The molecule has 0 bridgehead atoms. The molecule has 0 aromatic rings. The lowest BCUT2D eigenvalue weighted by Crippen LogP contribution is -2.44. The third-order valence-corrected chi connectivity index (χ3v) is 3.22. The van der Waals surface area contributed by atoms with Gasteiger partial charge in [0.05, 0.1) is 0 Å². The zero-order valence-electron chi connectivity index (χ0n) is 11.5. The topological polar surface area (TPSA) is 41.6 Å². The van der Waals surface area contributed by atoms with Crippen LogP contribution in [-0.4, -0.2) is 48.7 Å². The standard InChI is InChI=1S/C13H26N2O2/c1-10(2)15(11(3)4)8-7-14-13(16)12-6-5-9-17-12/h10-12H,5-9H2,1-4H3,(H,14,16)/t12-/m1/s1. The Morgan fingerprint density at radius 3 is 2.47 bits per heavy atom. The van der Waals surface area contributed by atoms with Crippen molar-refractivity contribution in [1.29, 1.82) is 0 Å². The summed E-state index contributed by atoms with van der Waals surface area (Å²) in [5.41, 5.74) is 0. The van der Waals surface area contributed by atoms with Gasteiger partial charge >= 0.3 is 0 Å². The summed E-state index contributed by atoms with van der Waals surface area (Å²) in [4.78, 5) is 14.1. The summed E-state index contributed by atoms with van der Waals surface area (Å²) >= 11 is 0. The molecule has 1 heterocycles. The lowest BCUT2D eigenvalue weighted by Gasteiger charge is -2.30. The largest absolute Gasteiger partial charge is 0.368 e. The van der Waals surface area contributed by atoms with Crippen molar-refractivity contribution >= 4 is 5.91 Å². The van der Waals surface area contributed by atoms with Crippen LogP contribution in [0.25, 0.3) is 0 Å². The van der Waals surface area contributed by atoms with Crippen molar-refractivity contribution in [2.45, 2.75) is 58.7 Å². The molecule has 1 saturated heterocycles. The van der Waals surface area contributed by atoms with Crippen molar-refractivity contribution in [3.63, 3.8) is 0 Å². The zero-order valence-corrected chi connectivity index (χ0v) is 11.5. The first-order valence-corrected chi connectivity index (χ1v) is 6.67. The van der Waals surface area contributed by atoms with Crippen LogP contribution in [0.2, 0.25) is 0 Å². The summed E-state index contributed by atoms with van der Waals surface area (Å²) in [5.74, 6) is 0.0509. The minimum absolute atomic E-state index is 0.0509. The van der Waals surface area contributed by atoms with Crippen LogP contribution in [0.5, 0.6) is 0 Å². The van der Waals surface area contributed by atoms with Crippen LogP contribution in [0, 0.1) is 0 Å². The molecule has 1 rings (SSSR count). The molecule has 100 valence electrons. The van der Waals surface area contributed by atoms with Gasteiger partial charge < -0.3 is 10.1 Å². The molecule has 0 aliphatic carbocycles. The summed E-state index contributed by atoms with van der Waals surface area (Å²) in [6.45, 7) is 11.1. The lowest BCUT2D eigenvalue weighted by molar-refractivity contribution is -0.130. The Hall–Kier alpha value is -0.610. The Morgan fingerprint density at radius 1 is 1.35 bits per heavy atom. The average Bonchev–Trinajstić information content (AvgIpc) is 2.76. The predicted octanol–water partition coefficient (Wildman–Crippen LogP) is 1.40. The maximum absolute atomic E-state index is 11.7. The minimum atomic E-state index is -0.207. The van der Waals surface area contributed by atoms with Crippen LogP contribution in [0.3, 0.4) is 0 Å². The van der Waals surface area contributed by atoms with Gasteiger partial charge in [-0.15, -0.1) is 0 Å². The van der Waals surface area contributed by atoms with E-state index in [2.05, 4.69) is 37.9 Å². The first kappa shape index (κ1) is 14.5. The molecule has 0 saturated carbocycles. The second-order valence-electron chi connectivity index (χ2n) is 5.22. The molecule has 0 unspecified atom stereocenters. The van der Waals surface area contributed by atoms with Gasteiger partial charge in [0.15, 0.2) is 0 Å². The van der Waals surface area contributed by atoms with Gasteiger partial charge in [0.2, 0.25) is 5.91 Å². The molecule has 0 spiro atoms. The van der Waals surface area contributed by atoms with E-state index < -0.39 is 0 Å². The fraction of sp³-hybridized carbons (Fsp3) is 0.923. The Kier molecular flexibility index (Phi) is 5.92. The Labute approximate surface area is 105 Å². The van der Waals surface area contributed by atoms with Gasteiger partial charge in [-0.05, 0) is 40.5 Å². The van der Waals surface area contributed by atoms with Gasteiger partial charge in [-0.2, -0.15) is 0 Å². The summed E-state index contributed by atoms with van der Waals surface area (Å²) in [5, 5.41) is 2.96. The molecule has 0 radical (unpaired) electrons. The van der Waals surface area contributed by atoms with E-state index in [1.54, 1.807) is 0 Å². The Morgan fingerprint density at radius 2 is 2.00 bits per heavy atom. The highest BCUT2D eigenvalue weighted by Gasteiger charge is 2.23. The number of hydrogen-bond acceptors (Lipinski definition) is 3. The molecule has 4 heteroatoms. The quantitative estimate of drug-likeness (QED) is 0.765. The van der Waals surface area contributed by atoms with Gasteiger partial charge in [-0.3, -0.25) is 9.69 Å². The number of nitrogens with zero attached hydrogens (tertiary/aromatic N) is 1. The van der Waals surface area contributed by atoms with E-state index in [4.69, 9.17) is 4.74 Å². The number of carbonyl (C=O) groups is 1. The fourth-order valence-corrected chi connectivity index (χ4v) is 2.32. The first-order chi connectivity index (χ1) is 8.02. The van der Waals surface area contributed by atoms with Gasteiger partial charge in [-0.25, -0.2) is 0 Å². The van der Waals surface area contributed by atoms with E-state index in [-0.39, 0.29) is 12.0 Å². The Bertz CT molecular complexity index is 228. The van der Waals surface area contributed by atoms with Crippen molar-refractivity contribution in [2.24, 2.45) is 0 Å². The molecule has 1 fully saturated rings. The van der Waals surface area contributed by atoms with E-state index in [9.17, 15) is 4.79 Å². The molecule has 1 N–H and O–H groups in total. The van der Waals surface area contributed by atoms with E-state index in [0.29, 0.717) is 18.6 Å². The molecule has 17 heavy (non-hydrogen) atoms. The van der Waals surface area contributed by atoms with E-state index in [1.807, 2.05) is 0 Å². The van der Waals surface area contributed by atoms with Crippen LogP contribution in [-0.2, 0) is 9.53 Å². The summed E-state index contributed by atoms with van der Waals surface area (Å²) in [6, 6.07) is 1.02. The van der Waals surface area contributed by atoms with Crippen molar-refractivity contribution in [3.05, 3.63) is 0 Å². The van der Waals surface area contributed by atoms with Gasteiger partial charge in [0, 0.05) is 31.8 Å². The van der Waals surface area contributed by atoms with Crippen molar-refractivity contribution in [1.82, 2.24) is 10.2 Å². The number of amides is 1. The molecule has 1 atom stereocenters. The highest BCUT2D eigenvalue weighted by atomic mass is 16.5. The smallest absolute Gasteiger partial charge is 0.249 e. The number of ether oxygens (including phenoxy) is 1. The lowest BCUT2D eigenvalue weighted by atomic mass is 10.2. The summed E-state index contributed by atoms with van der Waals surface area (Å²) in [6.07, 6.45) is 1.66. The molecule has 0 aromatic heterocycles. The molecular formula is C13H26N2O2. The third-order valence-electron chi connectivity index (χ3n) is 3.22. The van der Waals surface area contributed by atoms with Gasteiger partial charge in [0.1, 0.15) is 6.10 Å². The molecule has 0 aromatic carbocycles. The SMILES string of the molecule is CC(C)N(CCNC(=O)[C@H]1CCCO1)C(C)C. The van der Waals surface area contributed by atoms with Crippen molar-refractivity contribution in [3.8, 4) is 0 Å². The maximum atomic E-state index is 11.7. The van der Waals surface area contributed by atoms with Crippen LogP contribution in [0.1, 0.15) is 40.5 Å². The van der Waals surface area contributed by atoms with E-state index in [0.717, 1.165) is 26.0 Å². The highest BCUT2D eigenvalue weighted by Crippen LogP contribution is 2.11. The molecule has 4 nitrogen and oxygen atoms in total. The second-order valence-corrected chi connectivity index (χ2v) is 5.22. The van der Waals surface area contributed by atoms with E-state index in [1.165, 1.54) is 0 Å². The monoisotopic (exact) mass is 242 g/mol. The third kappa shape index (κ3) is 4.64. The summed E-state index contributed by atoms with van der Waals surface area (Å²) in [7, 11) is 0. The highest BCUT2D eigenvalue weighted by molar-refractivity contribution is 5.80. The fourth-order valence-electron chi connectivity index (χ4n) is 2.32. The van der Waals surface area contributed by atoms with Crippen LogP contribution in [0.15, 0.2) is 0 Å². The van der Waals surface area contributed by atoms with Gasteiger partial charge in [0.25, 0.3) is 0 Å². The average molecular weight is 242 g/mol. The number of rotatable bonds is 6. The van der Waals surface area contributed by atoms with Gasteiger partial charge in [-0.1, -0.05) is 0 Å². The predicted molar refractivity (Wildman–Crippen MR) is 69.0 cm³/mol. The molecule has 1 aliphatic heterocycles. The van der Waals surface area contributed by atoms with Crippen molar-refractivity contribution < 1.29 is 9.53 Å². The Balaban J connectivity index is 2.23. The van der Waals surface area contributed by atoms with Crippen LogP contribution >= 0.6 is 0 Å². The van der Waals surface area contributed by atoms with Crippen LogP contribution < -0.4 is 5.32 Å².